The fraction of sp³-hybridized carbons (Fsp3) is 1.00. The fourth-order valence-electron chi connectivity index (χ4n) is 2.34. The van der Waals surface area contributed by atoms with E-state index in [0.29, 0.717) is 6.61 Å². The highest BCUT2D eigenvalue weighted by atomic mass is 16.7. The second-order valence-corrected chi connectivity index (χ2v) is 5.42. The molecule has 20 heavy (non-hydrogen) atoms. The van der Waals surface area contributed by atoms with Gasteiger partial charge in [0.25, 0.3) is 0 Å². The Morgan fingerprint density at radius 1 is 1.05 bits per heavy atom. The maximum Gasteiger partial charge on any atom is 0.175 e. The first-order chi connectivity index (χ1) is 9.61. The quantitative estimate of drug-likeness (QED) is 0.450. The molecule has 0 saturated carbocycles. The van der Waals surface area contributed by atoms with Crippen LogP contribution in [0, 0.1) is 0 Å². The molecule has 0 aromatic carbocycles. The third kappa shape index (κ3) is 5.27. The Labute approximate surface area is 120 Å². The summed E-state index contributed by atoms with van der Waals surface area (Å²) in [7, 11) is 0. The monoisotopic (exact) mass is 291 g/mol. The number of ether oxygens (including phenoxy) is 2. The third-order valence-corrected chi connectivity index (χ3v) is 3.71. The normalized spacial score (nSPS) is 34.4. The van der Waals surface area contributed by atoms with Crippen molar-refractivity contribution in [2.24, 2.45) is 5.73 Å². The van der Waals surface area contributed by atoms with Crippen molar-refractivity contribution in [1.29, 1.82) is 0 Å². The number of hydrogen-bond donors (Lipinski definition) is 4. The lowest BCUT2D eigenvalue weighted by molar-refractivity contribution is -0.265. The van der Waals surface area contributed by atoms with Crippen LogP contribution in [0.5, 0.6) is 0 Å². The van der Waals surface area contributed by atoms with Crippen molar-refractivity contribution in [3.63, 3.8) is 0 Å². The molecule has 1 aliphatic heterocycles. The Morgan fingerprint density at radius 2 is 1.70 bits per heavy atom. The maximum absolute atomic E-state index is 9.77. The zero-order valence-electron chi connectivity index (χ0n) is 12.3. The average molecular weight is 291 g/mol. The van der Waals surface area contributed by atoms with Crippen molar-refractivity contribution in [3.05, 3.63) is 0 Å². The van der Waals surface area contributed by atoms with Gasteiger partial charge >= 0.3 is 0 Å². The standard InChI is InChI=1S/C14H29NO5/c1-2-3-4-5-6-7-8-19-14-11(15)13(18)12(17)10(9-16)20-14/h10-14,16-18H,2-9,15H2,1H3/t10-,11-,12-,13-,14+/m1/s1. The molecule has 0 amide bonds. The van der Waals surface area contributed by atoms with E-state index in [-0.39, 0.29) is 6.61 Å². The number of hydrogen-bond acceptors (Lipinski definition) is 6. The molecule has 1 rings (SSSR count). The SMILES string of the molecule is CCCCCCCCO[C@H]1O[C@H](CO)[C@@H](O)[C@H](O)[C@H]1N. The predicted molar refractivity (Wildman–Crippen MR) is 75.1 cm³/mol. The molecule has 0 bridgehead atoms. The van der Waals surface area contributed by atoms with Crippen LogP contribution in [0.15, 0.2) is 0 Å². The van der Waals surface area contributed by atoms with Gasteiger partial charge in [0.15, 0.2) is 6.29 Å². The summed E-state index contributed by atoms with van der Waals surface area (Å²) < 4.78 is 10.9. The minimum atomic E-state index is -1.18. The number of unbranched alkanes of at least 4 members (excludes halogenated alkanes) is 5. The van der Waals surface area contributed by atoms with E-state index >= 15 is 0 Å². The van der Waals surface area contributed by atoms with Gasteiger partial charge in [-0.2, -0.15) is 0 Å². The second kappa shape index (κ2) is 9.65. The molecule has 1 fully saturated rings. The van der Waals surface area contributed by atoms with Gasteiger partial charge in [-0.1, -0.05) is 39.0 Å². The van der Waals surface area contributed by atoms with Crippen molar-refractivity contribution in [1.82, 2.24) is 0 Å². The highest BCUT2D eigenvalue weighted by molar-refractivity contribution is 4.91. The summed E-state index contributed by atoms with van der Waals surface area (Å²) in [6.45, 7) is 2.31. The smallest absolute Gasteiger partial charge is 0.175 e. The summed E-state index contributed by atoms with van der Waals surface area (Å²) in [4.78, 5) is 0. The van der Waals surface area contributed by atoms with Crippen LogP contribution in [0.4, 0.5) is 0 Å². The number of aliphatic hydroxyl groups is 3. The van der Waals surface area contributed by atoms with E-state index < -0.39 is 30.6 Å². The molecule has 120 valence electrons. The van der Waals surface area contributed by atoms with Crippen LogP contribution in [0.25, 0.3) is 0 Å². The zero-order valence-corrected chi connectivity index (χ0v) is 12.3. The Balaban J connectivity index is 2.21. The molecule has 1 saturated heterocycles. The van der Waals surface area contributed by atoms with Crippen molar-refractivity contribution in [3.8, 4) is 0 Å². The number of nitrogens with two attached hydrogens (primary N) is 1. The van der Waals surface area contributed by atoms with Crippen LogP contribution in [0.1, 0.15) is 45.4 Å². The van der Waals surface area contributed by atoms with Gasteiger partial charge in [0.1, 0.15) is 18.3 Å². The molecule has 0 aromatic heterocycles. The Kier molecular flexibility index (Phi) is 8.60. The summed E-state index contributed by atoms with van der Waals surface area (Å²) in [5, 5.41) is 28.5. The van der Waals surface area contributed by atoms with Gasteiger partial charge in [-0.05, 0) is 6.42 Å². The first kappa shape index (κ1) is 17.8. The van der Waals surface area contributed by atoms with E-state index in [9.17, 15) is 10.2 Å². The molecular formula is C14H29NO5. The highest BCUT2D eigenvalue weighted by Crippen LogP contribution is 2.21. The Morgan fingerprint density at radius 3 is 2.35 bits per heavy atom. The van der Waals surface area contributed by atoms with Gasteiger partial charge in [-0.25, -0.2) is 0 Å². The van der Waals surface area contributed by atoms with Crippen molar-refractivity contribution < 1.29 is 24.8 Å². The lowest BCUT2D eigenvalue weighted by atomic mass is 9.98. The molecule has 0 aliphatic carbocycles. The summed E-state index contributed by atoms with van der Waals surface area (Å²) in [5.74, 6) is 0. The molecule has 6 nitrogen and oxygen atoms in total. The number of aliphatic hydroxyl groups excluding tert-OH is 3. The predicted octanol–water partition coefficient (Wildman–Crippen LogP) is 0.130. The van der Waals surface area contributed by atoms with E-state index in [0.717, 1.165) is 12.8 Å². The van der Waals surface area contributed by atoms with Gasteiger partial charge < -0.3 is 30.5 Å². The Bertz CT molecular complexity index is 252. The molecule has 1 aliphatic rings. The minimum Gasteiger partial charge on any atom is -0.394 e. The van der Waals surface area contributed by atoms with E-state index in [2.05, 4.69) is 6.92 Å². The van der Waals surface area contributed by atoms with Gasteiger partial charge in [-0.3, -0.25) is 0 Å². The molecule has 0 unspecified atom stereocenters. The summed E-state index contributed by atoms with van der Waals surface area (Å²) in [5.41, 5.74) is 5.77. The highest BCUT2D eigenvalue weighted by Gasteiger charge is 2.42. The van der Waals surface area contributed by atoms with Crippen LogP contribution in [0.3, 0.4) is 0 Å². The minimum absolute atomic E-state index is 0.373. The molecular weight excluding hydrogens is 262 g/mol. The summed E-state index contributed by atoms with van der Waals surface area (Å²) in [6.07, 6.45) is 2.99. The summed E-state index contributed by atoms with van der Waals surface area (Å²) in [6, 6.07) is -0.798. The first-order valence-electron chi connectivity index (χ1n) is 7.61. The molecule has 1 heterocycles. The van der Waals surface area contributed by atoms with Gasteiger partial charge in [0.05, 0.1) is 12.6 Å². The van der Waals surface area contributed by atoms with E-state index in [1.165, 1.54) is 25.7 Å². The van der Waals surface area contributed by atoms with Gasteiger partial charge in [0, 0.05) is 6.61 Å². The van der Waals surface area contributed by atoms with Crippen molar-refractivity contribution >= 4 is 0 Å². The largest absolute Gasteiger partial charge is 0.394 e. The second-order valence-electron chi connectivity index (χ2n) is 5.42. The molecule has 0 spiro atoms. The lowest BCUT2D eigenvalue weighted by Gasteiger charge is -2.40. The molecule has 5 atom stereocenters. The molecule has 0 radical (unpaired) electrons. The van der Waals surface area contributed by atoms with Crippen LogP contribution in [-0.2, 0) is 9.47 Å². The first-order valence-corrected chi connectivity index (χ1v) is 7.61. The lowest BCUT2D eigenvalue weighted by Crippen LogP contribution is -2.62. The average Bonchev–Trinajstić information content (AvgIpc) is 2.46. The van der Waals surface area contributed by atoms with Crippen molar-refractivity contribution in [2.45, 2.75) is 76.1 Å². The topological polar surface area (TPSA) is 105 Å². The summed E-state index contributed by atoms with van der Waals surface area (Å²) >= 11 is 0. The van der Waals surface area contributed by atoms with Crippen LogP contribution >= 0.6 is 0 Å². The molecule has 0 aromatic rings. The number of rotatable bonds is 9. The van der Waals surface area contributed by atoms with E-state index in [1.54, 1.807) is 0 Å². The van der Waals surface area contributed by atoms with Crippen LogP contribution in [-0.4, -0.2) is 59.2 Å². The van der Waals surface area contributed by atoms with Crippen LogP contribution < -0.4 is 5.73 Å². The zero-order chi connectivity index (χ0) is 15.0. The van der Waals surface area contributed by atoms with E-state index in [1.807, 2.05) is 0 Å². The molecule has 6 heteroatoms. The Hall–Kier alpha value is -0.240. The van der Waals surface area contributed by atoms with Gasteiger partial charge in [-0.15, -0.1) is 0 Å². The third-order valence-electron chi connectivity index (χ3n) is 3.71. The van der Waals surface area contributed by atoms with E-state index in [4.69, 9.17) is 20.3 Å². The molecule has 5 N–H and O–H groups in total. The van der Waals surface area contributed by atoms with Crippen LogP contribution in [0.2, 0.25) is 0 Å². The van der Waals surface area contributed by atoms with Crippen molar-refractivity contribution in [2.75, 3.05) is 13.2 Å². The van der Waals surface area contributed by atoms with Gasteiger partial charge in [0.2, 0.25) is 0 Å². The fourth-order valence-corrected chi connectivity index (χ4v) is 2.34. The maximum atomic E-state index is 9.77.